The van der Waals surface area contributed by atoms with Crippen LogP contribution in [0.4, 0.5) is 0 Å². The zero-order valence-corrected chi connectivity index (χ0v) is 14.8. The van der Waals surface area contributed by atoms with E-state index < -0.39 is 17.1 Å². The molecule has 0 saturated carbocycles. The third-order valence-corrected chi connectivity index (χ3v) is 4.44. The molecule has 1 N–H and O–H groups in total. The van der Waals surface area contributed by atoms with Crippen molar-refractivity contribution in [3.8, 4) is 5.69 Å². The lowest BCUT2D eigenvalue weighted by Crippen LogP contribution is -2.27. The van der Waals surface area contributed by atoms with E-state index in [1.807, 2.05) is 0 Å². The smallest absolute Gasteiger partial charge is 0.325 e. The Bertz CT molecular complexity index is 1110. The Hall–Kier alpha value is -2.51. The number of nitrogens with zero attached hydrogens (tertiary/aromatic N) is 2. The molecule has 7 nitrogen and oxygen atoms in total. The molecular formula is C16H13Cl2N3O4. The molecule has 0 bridgehead atoms. The van der Waals surface area contributed by atoms with Gasteiger partial charge >= 0.3 is 5.97 Å². The van der Waals surface area contributed by atoms with Gasteiger partial charge in [0.05, 0.1) is 28.7 Å². The largest absolute Gasteiger partial charge is 0.468 e. The molecule has 9 heteroatoms. The minimum absolute atomic E-state index is 0.277. The number of carbonyl (C=O) groups excluding carboxylic acids is 1. The highest BCUT2D eigenvalue weighted by Crippen LogP contribution is 2.24. The van der Waals surface area contributed by atoms with E-state index in [2.05, 4.69) is 9.84 Å². The molecule has 0 saturated heterocycles. The topological polar surface area (TPSA) is 86.1 Å². The molecule has 3 rings (SSSR count). The summed E-state index contributed by atoms with van der Waals surface area (Å²) >= 11 is 12.1. The minimum Gasteiger partial charge on any atom is -0.468 e. The summed E-state index contributed by atoms with van der Waals surface area (Å²) in [5.74, 6) is -0.585. The number of halogens is 2. The van der Waals surface area contributed by atoms with Crippen LogP contribution >= 0.6 is 23.2 Å². The summed E-state index contributed by atoms with van der Waals surface area (Å²) in [6, 6.07) is 5.96. The van der Waals surface area contributed by atoms with Crippen LogP contribution in [0.5, 0.6) is 0 Å². The molecule has 130 valence electrons. The fraction of sp³-hybridized carbons (Fsp3) is 0.188. The minimum atomic E-state index is -0.585. The second-order valence-corrected chi connectivity index (χ2v) is 6.21. The van der Waals surface area contributed by atoms with Gasteiger partial charge in [0.15, 0.2) is 0 Å². The number of ether oxygens (including phenoxy) is 1. The van der Waals surface area contributed by atoms with Crippen molar-refractivity contribution in [2.45, 2.75) is 13.5 Å². The normalized spacial score (nSPS) is 11.0. The first-order valence-corrected chi connectivity index (χ1v) is 7.96. The molecule has 2 aromatic heterocycles. The van der Waals surface area contributed by atoms with Crippen molar-refractivity contribution in [2.24, 2.45) is 0 Å². The van der Waals surface area contributed by atoms with Crippen LogP contribution in [0, 0.1) is 6.92 Å². The number of H-pyrrole nitrogens is 1. The number of aromatic nitrogens is 3. The lowest BCUT2D eigenvalue weighted by molar-refractivity contribution is -0.141. The van der Waals surface area contributed by atoms with E-state index in [0.29, 0.717) is 26.9 Å². The van der Waals surface area contributed by atoms with E-state index >= 15 is 0 Å². The first-order valence-electron chi connectivity index (χ1n) is 7.21. The van der Waals surface area contributed by atoms with Crippen LogP contribution in [0.3, 0.4) is 0 Å². The molecule has 25 heavy (non-hydrogen) atoms. The van der Waals surface area contributed by atoms with E-state index in [-0.39, 0.29) is 11.9 Å². The monoisotopic (exact) mass is 381 g/mol. The predicted molar refractivity (Wildman–Crippen MR) is 94.9 cm³/mol. The number of carbonyl (C=O) groups is 1. The van der Waals surface area contributed by atoms with Crippen LogP contribution < -0.4 is 11.1 Å². The lowest BCUT2D eigenvalue weighted by Gasteiger charge is -2.08. The Morgan fingerprint density at radius 1 is 1.24 bits per heavy atom. The van der Waals surface area contributed by atoms with E-state index in [4.69, 9.17) is 23.2 Å². The number of aryl methyl sites for hydroxylation is 1. The average Bonchev–Trinajstić information content (AvgIpc) is 2.89. The molecule has 0 atom stereocenters. The van der Waals surface area contributed by atoms with Gasteiger partial charge in [-0.25, -0.2) is 4.68 Å². The highest BCUT2D eigenvalue weighted by molar-refractivity contribution is 6.34. The van der Waals surface area contributed by atoms with Crippen molar-refractivity contribution in [1.82, 2.24) is 14.3 Å². The highest BCUT2D eigenvalue weighted by Gasteiger charge is 2.18. The molecule has 0 aliphatic carbocycles. The van der Waals surface area contributed by atoms with Gasteiger partial charge in [0.25, 0.3) is 11.1 Å². The first-order chi connectivity index (χ1) is 11.8. The summed E-state index contributed by atoms with van der Waals surface area (Å²) in [6.45, 7) is 1.31. The van der Waals surface area contributed by atoms with Crippen molar-refractivity contribution >= 4 is 40.1 Å². The number of rotatable bonds is 3. The van der Waals surface area contributed by atoms with Gasteiger partial charge in [-0.15, -0.1) is 0 Å². The molecule has 3 aromatic rings. The van der Waals surface area contributed by atoms with Crippen LogP contribution in [0.1, 0.15) is 5.69 Å². The SMILES string of the molecule is COC(=O)Cn1c(C)c2c(=O)n(-c3cc(Cl)ccc3Cl)[nH]c2cc1=O. The number of esters is 1. The quantitative estimate of drug-likeness (QED) is 0.705. The number of aromatic amines is 1. The summed E-state index contributed by atoms with van der Waals surface area (Å²) in [6.07, 6.45) is 0. The summed E-state index contributed by atoms with van der Waals surface area (Å²) in [7, 11) is 1.23. The fourth-order valence-electron chi connectivity index (χ4n) is 2.63. The zero-order valence-electron chi connectivity index (χ0n) is 13.3. The number of pyridine rings is 1. The lowest BCUT2D eigenvalue weighted by atomic mass is 10.2. The van der Waals surface area contributed by atoms with Crippen LogP contribution in [0.25, 0.3) is 16.6 Å². The molecule has 0 radical (unpaired) electrons. The van der Waals surface area contributed by atoms with E-state index in [1.165, 1.54) is 28.5 Å². The Kier molecular flexibility index (Phi) is 4.45. The molecule has 0 aliphatic rings. The third-order valence-electron chi connectivity index (χ3n) is 3.88. The van der Waals surface area contributed by atoms with E-state index in [1.54, 1.807) is 19.1 Å². The Morgan fingerprint density at radius 3 is 2.64 bits per heavy atom. The maximum absolute atomic E-state index is 12.8. The number of methoxy groups -OCH3 is 1. The van der Waals surface area contributed by atoms with Crippen molar-refractivity contribution in [3.05, 3.63) is 60.7 Å². The molecule has 0 fully saturated rings. The number of hydrogen-bond donors (Lipinski definition) is 1. The number of benzene rings is 1. The first kappa shape index (κ1) is 17.3. The highest BCUT2D eigenvalue weighted by atomic mass is 35.5. The summed E-state index contributed by atoms with van der Waals surface area (Å²) in [5, 5.41) is 3.86. The predicted octanol–water partition coefficient (Wildman–Crippen LogP) is 2.27. The molecule has 2 heterocycles. The van der Waals surface area contributed by atoms with Crippen molar-refractivity contribution in [3.63, 3.8) is 0 Å². The molecule has 0 spiro atoms. The van der Waals surface area contributed by atoms with Crippen LogP contribution in [0.2, 0.25) is 10.0 Å². The number of hydrogen-bond acceptors (Lipinski definition) is 4. The number of fused-ring (bicyclic) bond motifs is 1. The van der Waals surface area contributed by atoms with Gasteiger partial charge in [-0.05, 0) is 25.1 Å². The molecule has 0 unspecified atom stereocenters. The van der Waals surface area contributed by atoms with Crippen molar-refractivity contribution in [2.75, 3.05) is 7.11 Å². The van der Waals surface area contributed by atoms with Crippen LogP contribution in [0.15, 0.2) is 33.9 Å². The van der Waals surface area contributed by atoms with Crippen molar-refractivity contribution < 1.29 is 9.53 Å². The van der Waals surface area contributed by atoms with Gasteiger partial charge < -0.3 is 9.30 Å². The summed E-state index contributed by atoms with van der Waals surface area (Å²) in [4.78, 5) is 36.6. The maximum atomic E-state index is 12.8. The molecule has 0 aliphatic heterocycles. The van der Waals surface area contributed by atoms with Gasteiger partial charge in [0, 0.05) is 16.8 Å². The fourth-order valence-corrected chi connectivity index (χ4v) is 3.00. The van der Waals surface area contributed by atoms with Crippen LogP contribution in [-0.4, -0.2) is 27.4 Å². The molecular weight excluding hydrogens is 369 g/mol. The Labute approximate surface area is 151 Å². The third kappa shape index (κ3) is 2.96. The van der Waals surface area contributed by atoms with Crippen molar-refractivity contribution in [1.29, 1.82) is 0 Å². The van der Waals surface area contributed by atoms with Gasteiger partial charge in [-0.1, -0.05) is 23.2 Å². The van der Waals surface area contributed by atoms with Gasteiger partial charge in [0.1, 0.15) is 6.54 Å². The van der Waals surface area contributed by atoms with E-state index in [9.17, 15) is 14.4 Å². The van der Waals surface area contributed by atoms with Gasteiger partial charge in [-0.2, -0.15) is 0 Å². The van der Waals surface area contributed by atoms with E-state index in [0.717, 1.165) is 0 Å². The number of nitrogens with one attached hydrogen (secondary N) is 1. The molecule has 1 aromatic carbocycles. The second-order valence-electron chi connectivity index (χ2n) is 5.37. The standard InChI is InChI=1S/C16H13Cl2N3O4/c1-8-15-11(6-13(22)20(8)7-14(23)25-2)19-21(16(15)24)12-5-9(17)3-4-10(12)18/h3-6,19H,7H2,1-2H3. The zero-order chi connectivity index (χ0) is 18.3. The summed E-state index contributed by atoms with van der Waals surface area (Å²) in [5.41, 5.74) is 0.216. The van der Waals surface area contributed by atoms with Gasteiger partial charge in [-0.3, -0.25) is 19.5 Å². The second kappa shape index (κ2) is 6.42. The maximum Gasteiger partial charge on any atom is 0.325 e. The Balaban J connectivity index is 2.29. The Morgan fingerprint density at radius 2 is 1.96 bits per heavy atom. The average molecular weight is 382 g/mol. The van der Waals surface area contributed by atoms with Gasteiger partial charge in [0.2, 0.25) is 0 Å². The molecule has 0 amide bonds. The summed E-state index contributed by atoms with van der Waals surface area (Å²) < 4.78 is 6.99. The van der Waals surface area contributed by atoms with Crippen LogP contribution in [-0.2, 0) is 16.1 Å².